The second kappa shape index (κ2) is 11.3. The molecule has 1 aliphatic carbocycles. The molecule has 3 amide bonds. The van der Waals surface area contributed by atoms with E-state index in [1.54, 1.807) is 12.1 Å². The number of hydrogen-bond donors (Lipinski definition) is 2. The van der Waals surface area contributed by atoms with Crippen LogP contribution in [0.5, 0.6) is 0 Å². The van der Waals surface area contributed by atoms with Crippen molar-refractivity contribution in [3.8, 4) is 0 Å². The van der Waals surface area contributed by atoms with E-state index in [-0.39, 0.29) is 36.3 Å². The Morgan fingerprint density at radius 2 is 1.62 bits per heavy atom. The van der Waals surface area contributed by atoms with Gasteiger partial charge in [0.25, 0.3) is 11.8 Å². The largest absolute Gasteiger partial charge is 0.349 e. The molecule has 2 N–H and O–H groups in total. The number of nitrogens with zero attached hydrogens (tertiary/aromatic N) is 2. The van der Waals surface area contributed by atoms with Gasteiger partial charge in [-0.3, -0.25) is 19.3 Å². The number of anilines is 1. The van der Waals surface area contributed by atoms with Crippen molar-refractivity contribution in [2.24, 2.45) is 0 Å². The lowest BCUT2D eigenvalue weighted by Gasteiger charge is -2.38. The molecule has 1 aliphatic heterocycles. The third kappa shape index (κ3) is 6.23. The zero-order valence-corrected chi connectivity index (χ0v) is 19.8. The number of rotatable bonds is 9. The minimum atomic E-state index is -0.140. The van der Waals surface area contributed by atoms with E-state index in [2.05, 4.69) is 22.5 Å². The summed E-state index contributed by atoms with van der Waals surface area (Å²) >= 11 is 0. The predicted molar refractivity (Wildman–Crippen MR) is 133 cm³/mol. The lowest BCUT2D eigenvalue weighted by atomic mass is 10.0. The highest BCUT2D eigenvalue weighted by atomic mass is 16.2. The van der Waals surface area contributed by atoms with Crippen LogP contribution in [0.15, 0.2) is 54.6 Å². The number of benzene rings is 2. The van der Waals surface area contributed by atoms with Gasteiger partial charge >= 0.3 is 0 Å². The van der Waals surface area contributed by atoms with Crippen molar-refractivity contribution in [1.82, 2.24) is 15.1 Å². The first-order chi connectivity index (χ1) is 16.5. The summed E-state index contributed by atoms with van der Waals surface area (Å²) in [6.07, 6.45) is 4.65. The number of carbonyl (C=O) groups excluding carboxylic acids is 3. The Hall–Kier alpha value is -3.19. The molecule has 0 bridgehead atoms. The average molecular weight is 463 g/mol. The van der Waals surface area contributed by atoms with Crippen molar-refractivity contribution in [1.29, 1.82) is 0 Å². The van der Waals surface area contributed by atoms with Crippen LogP contribution in [-0.2, 0) is 4.79 Å². The third-order valence-corrected chi connectivity index (χ3v) is 6.50. The molecule has 1 saturated carbocycles. The highest BCUT2D eigenvalue weighted by Gasteiger charge is 2.29. The quantitative estimate of drug-likeness (QED) is 0.597. The first-order valence-electron chi connectivity index (χ1n) is 12.3. The summed E-state index contributed by atoms with van der Waals surface area (Å²) in [5.41, 5.74) is 1.76. The molecule has 7 nitrogen and oxygen atoms in total. The van der Waals surface area contributed by atoms with Crippen molar-refractivity contribution in [2.45, 2.75) is 51.1 Å². The Balaban J connectivity index is 1.33. The van der Waals surface area contributed by atoms with Gasteiger partial charge in [-0.2, -0.15) is 0 Å². The molecule has 1 heterocycles. The highest BCUT2D eigenvalue weighted by molar-refractivity contribution is 6.04. The second-order valence-corrected chi connectivity index (χ2v) is 9.20. The SMILES string of the molecule is CCCN(CC(=O)Nc1ccccc1C(=O)NC1CC1)C1CCN(C(=O)c2ccccc2)CC1. The lowest BCUT2D eigenvalue weighted by Crippen LogP contribution is -2.49. The van der Waals surface area contributed by atoms with E-state index in [0.29, 0.717) is 24.3 Å². The van der Waals surface area contributed by atoms with E-state index in [4.69, 9.17) is 0 Å². The maximum atomic E-state index is 13.0. The summed E-state index contributed by atoms with van der Waals surface area (Å²) in [5.74, 6) is -0.193. The Kier molecular flexibility index (Phi) is 7.95. The Bertz CT molecular complexity index is 998. The van der Waals surface area contributed by atoms with Gasteiger partial charge in [-0.05, 0) is 62.9 Å². The van der Waals surface area contributed by atoms with Crippen LogP contribution >= 0.6 is 0 Å². The van der Waals surface area contributed by atoms with Gasteiger partial charge in [-0.25, -0.2) is 0 Å². The fraction of sp³-hybridized carbons (Fsp3) is 0.444. The smallest absolute Gasteiger partial charge is 0.253 e. The van der Waals surface area contributed by atoms with Crippen molar-refractivity contribution >= 4 is 23.4 Å². The van der Waals surface area contributed by atoms with Gasteiger partial charge in [0.05, 0.1) is 17.8 Å². The Morgan fingerprint density at radius 3 is 2.29 bits per heavy atom. The molecule has 2 aromatic rings. The summed E-state index contributed by atoms with van der Waals surface area (Å²) in [5, 5.41) is 5.94. The number of para-hydroxylation sites is 1. The van der Waals surface area contributed by atoms with Crippen LogP contribution in [-0.4, -0.2) is 65.8 Å². The number of amides is 3. The molecule has 4 rings (SSSR count). The molecule has 0 spiro atoms. The summed E-state index contributed by atoms with van der Waals surface area (Å²) in [6, 6.07) is 17.1. The molecule has 7 heteroatoms. The molecule has 0 aromatic heterocycles. The van der Waals surface area contributed by atoms with Gasteiger partial charge in [-0.1, -0.05) is 37.3 Å². The minimum Gasteiger partial charge on any atom is -0.349 e. The fourth-order valence-corrected chi connectivity index (χ4v) is 4.53. The second-order valence-electron chi connectivity index (χ2n) is 9.20. The molecule has 1 saturated heterocycles. The summed E-state index contributed by atoms with van der Waals surface area (Å²) in [7, 11) is 0. The van der Waals surface area contributed by atoms with E-state index in [9.17, 15) is 14.4 Å². The predicted octanol–water partition coefficient (Wildman–Crippen LogP) is 3.53. The maximum Gasteiger partial charge on any atom is 0.253 e. The van der Waals surface area contributed by atoms with Crippen LogP contribution in [0.4, 0.5) is 5.69 Å². The molecular formula is C27H34N4O3. The van der Waals surface area contributed by atoms with Crippen LogP contribution in [0.1, 0.15) is 59.7 Å². The fourth-order valence-electron chi connectivity index (χ4n) is 4.53. The van der Waals surface area contributed by atoms with E-state index >= 15 is 0 Å². The summed E-state index contributed by atoms with van der Waals surface area (Å²) in [6.45, 7) is 4.56. The van der Waals surface area contributed by atoms with Gasteiger partial charge in [0, 0.05) is 30.7 Å². The number of carbonyl (C=O) groups is 3. The van der Waals surface area contributed by atoms with E-state index in [1.165, 1.54) is 0 Å². The molecule has 0 unspecified atom stereocenters. The Labute approximate surface area is 201 Å². The highest BCUT2D eigenvalue weighted by Crippen LogP contribution is 2.22. The minimum absolute atomic E-state index is 0.0694. The summed E-state index contributed by atoms with van der Waals surface area (Å²) in [4.78, 5) is 42.4. The van der Waals surface area contributed by atoms with Gasteiger partial charge in [0.2, 0.25) is 5.91 Å². The van der Waals surface area contributed by atoms with Crippen LogP contribution in [0.3, 0.4) is 0 Å². The third-order valence-electron chi connectivity index (χ3n) is 6.50. The normalized spacial score (nSPS) is 16.4. The summed E-state index contributed by atoms with van der Waals surface area (Å²) < 4.78 is 0. The molecule has 0 radical (unpaired) electrons. The molecule has 0 atom stereocenters. The van der Waals surface area contributed by atoms with Crippen LogP contribution in [0.2, 0.25) is 0 Å². The average Bonchev–Trinajstić information content (AvgIpc) is 3.68. The molecular weight excluding hydrogens is 428 g/mol. The zero-order chi connectivity index (χ0) is 23.9. The number of nitrogens with one attached hydrogen (secondary N) is 2. The van der Waals surface area contributed by atoms with Gasteiger partial charge in [-0.15, -0.1) is 0 Å². The van der Waals surface area contributed by atoms with Gasteiger partial charge in [0.15, 0.2) is 0 Å². The first-order valence-corrected chi connectivity index (χ1v) is 12.3. The van der Waals surface area contributed by atoms with Crippen LogP contribution < -0.4 is 10.6 Å². The van der Waals surface area contributed by atoms with E-state index < -0.39 is 0 Å². The molecule has 2 fully saturated rings. The Morgan fingerprint density at radius 1 is 0.941 bits per heavy atom. The van der Waals surface area contributed by atoms with Crippen molar-refractivity contribution in [2.75, 3.05) is 31.5 Å². The van der Waals surface area contributed by atoms with Gasteiger partial charge in [0.1, 0.15) is 0 Å². The first kappa shape index (κ1) is 24.0. The van der Waals surface area contributed by atoms with Crippen molar-refractivity contribution < 1.29 is 14.4 Å². The number of piperidine rings is 1. The molecule has 34 heavy (non-hydrogen) atoms. The van der Waals surface area contributed by atoms with Crippen LogP contribution in [0, 0.1) is 0 Å². The van der Waals surface area contributed by atoms with Crippen LogP contribution in [0.25, 0.3) is 0 Å². The molecule has 180 valence electrons. The topological polar surface area (TPSA) is 81.8 Å². The van der Waals surface area contributed by atoms with Crippen molar-refractivity contribution in [3.63, 3.8) is 0 Å². The van der Waals surface area contributed by atoms with Gasteiger partial charge < -0.3 is 15.5 Å². The molecule has 2 aliphatic rings. The zero-order valence-electron chi connectivity index (χ0n) is 19.8. The van der Waals surface area contributed by atoms with E-state index in [0.717, 1.165) is 44.2 Å². The van der Waals surface area contributed by atoms with Crippen molar-refractivity contribution in [3.05, 3.63) is 65.7 Å². The number of likely N-dealkylation sites (tertiary alicyclic amines) is 1. The standard InChI is InChI=1S/C27H34N4O3/c1-2-16-31(22-14-17-30(18-15-22)27(34)20-8-4-3-5-9-20)19-25(32)29-24-11-7-6-10-23(24)26(33)28-21-12-13-21/h3-11,21-22H,2,12-19H2,1H3,(H,28,33)(H,29,32). The maximum absolute atomic E-state index is 13.0. The van der Waals surface area contributed by atoms with E-state index in [1.807, 2.05) is 47.4 Å². The molecule has 2 aromatic carbocycles. The number of hydrogen-bond acceptors (Lipinski definition) is 4. The monoisotopic (exact) mass is 462 g/mol. The lowest BCUT2D eigenvalue weighted by molar-refractivity contribution is -0.118.